The summed E-state index contributed by atoms with van der Waals surface area (Å²) in [6, 6.07) is 4.77. The van der Waals surface area contributed by atoms with Gasteiger partial charge in [-0.05, 0) is 24.3 Å². The summed E-state index contributed by atoms with van der Waals surface area (Å²) in [4.78, 5) is 9.93. The lowest BCUT2D eigenvalue weighted by molar-refractivity contribution is -0.274. The van der Waals surface area contributed by atoms with Gasteiger partial charge in [-0.2, -0.15) is 0 Å². The quantitative estimate of drug-likeness (QED) is 0.729. The molecular weight excluding hydrogens is 213 g/mol. The number of hydrogen-bond donors (Lipinski definition) is 0. The molecule has 0 aliphatic carbocycles. The molecule has 0 bridgehead atoms. The van der Waals surface area contributed by atoms with Crippen molar-refractivity contribution in [2.45, 2.75) is 6.36 Å². The van der Waals surface area contributed by atoms with Crippen LogP contribution in [0.25, 0.3) is 0 Å². The van der Waals surface area contributed by atoms with E-state index < -0.39 is 6.36 Å². The largest absolute Gasteiger partial charge is 0.573 e. The van der Waals surface area contributed by atoms with Crippen LogP contribution in [0.1, 0.15) is 0 Å². The fraction of sp³-hybridized carbons (Fsp3) is 0.222. The van der Waals surface area contributed by atoms with Crippen LogP contribution in [0.2, 0.25) is 0 Å². The monoisotopic (exact) mass is 220 g/mol. The van der Waals surface area contributed by atoms with Crippen molar-refractivity contribution in [3.05, 3.63) is 24.3 Å². The van der Waals surface area contributed by atoms with Crippen molar-refractivity contribution in [3.63, 3.8) is 0 Å². The Bertz CT molecular complexity index is 318. The third kappa shape index (κ3) is 4.35. The van der Waals surface area contributed by atoms with Gasteiger partial charge in [0, 0.05) is 0 Å². The number of hydrogen-bond acceptors (Lipinski definition) is 3. The first-order chi connectivity index (χ1) is 7.01. The van der Waals surface area contributed by atoms with Crippen LogP contribution in [0.3, 0.4) is 0 Å². The van der Waals surface area contributed by atoms with Crippen LogP contribution in [0.15, 0.2) is 24.3 Å². The van der Waals surface area contributed by atoms with Gasteiger partial charge in [0.05, 0.1) is 0 Å². The summed E-state index contributed by atoms with van der Waals surface area (Å²) in [5.41, 5.74) is 0. The molecule has 1 aromatic carbocycles. The van der Waals surface area contributed by atoms with Gasteiger partial charge in [-0.3, -0.25) is 4.79 Å². The highest BCUT2D eigenvalue weighted by Crippen LogP contribution is 2.24. The van der Waals surface area contributed by atoms with Crippen LogP contribution in [-0.4, -0.2) is 19.3 Å². The number of rotatable bonds is 4. The summed E-state index contributed by atoms with van der Waals surface area (Å²) in [5, 5.41) is 0. The molecule has 0 aromatic heterocycles. The molecule has 0 atom stereocenters. The van der Waals surface area contributed by atoms with Crippen molar-refractivity contribution in [2.24, 2.45) is 0 Å². The van der Waals surface area contributed by atoms with Crippen LogP contribution in [0.5, 0.6) is 11.5 Å². The average Bonchev–Trinajstić information content (AvgIpc) is 2.14. The minimum Gasteiger partial charge on any atom is -0.486 e. The second kappa shape index (κ2) is 4.68. The van der Waals surface area contributed by atoms with Crippen molar-refractivity contribution >= 4 is 6.29 Å². The third-order valence-electron chi connectivity index (χ3n) is 1.38. The first kappa shape index (κ1) is 11.4. The molecule has 6 heteroatoms. The SMILES string of the molecule is O=CCOc1ccc(OC(F)(F)F)cc1. The fourth-order valence-electron chi connectivity index (χ4n) is 0.868. The van der Waals surface area contributed by atoms with Crippen molar-refractivity contribution in [1.82, 2.24) is 0 Å². The summed E-state index contributed by atoms with van der Waals surface area (Å²) < 4.78 is 43.7. The molecule has 0 fully saturated rings. The van der Waals surface area contributed by atoms with E-state index in [4.69, 9.17) is 4.74 Å². The number of benzene rings is 1. The first-order valence-electron chi connectivity index (χ1n) is 3.93. The van der Waals surface area contributed by atoms with Crippen LogP contribution < -0.4 is 9.47 Å². The zero-order chi connectivity index (χ0) is 11.3. The van der Waals surface area contributed by atoms with Gasteiger partial charge in [-0.25, -0.2) is 0 Å². The highest BCUT2D eigenvalue weighted by molar-refractivity contribution is 5.51. The van der Waals surface area contributed by atoms with Crippen LogP contribution in [0, 0.1) is 0 Å². The molecule has 0 aliphatic rings. The normalized spacial score (nSPS) is 10.9. The topological polar surface area (TPSA) is 35.5 Å². The smallest absolute Gasteiger partial charge is 0.486 e. The average molecular weight is 220 g/mol. The fourth-order valence-corrected chi connectivity index (χ4v) is 0.868. The molecule has 82 valence electrons. The van der Waals surface area contributed by atoms with Crippen LogP contribution in [-0.2, 0) is 4.79 Å². The number of ether oxygens (including phenoxy) is 2. The molecule has 0 unspecified atom stereocenters. The first-order valence-corrected chi connectivity index (χ1v) is 3.93. The Morgan fingerprint density at radius 1 is 1.13 bits per heavy atom. The van der Waals surface area contributed by atoms with Gasteiger partial charge in [0.25, 0.3) is 0 Å². The molecule has 0 radical (unpaired) electrons. The Labute approximate surface area is 83.4 Å². The summed E-state index contributed by atoms with van der Waals surface area (Å²) in [7, 11) is 0. The number of halogens is 3. The van der Waals surface area contributed by atoms with Gasteiger partial charge in [-0.15, -0.1) is 13.2 Å². The molecule has 3 nitrogen and oxygen atoms in total. The van der Waals surface area contributed by atoms with Crippen molar-refractivity contribution in [2.75, 3.05) is 6.61 Å². The minimum atomic E-state index is -4.70. The Kier molecular flexibility index (Phi) is 3.54. The Morgan fingerprint density at radius 2 is 1.67 bits per heavy atom. The van der Waals surface area contributed by atoms with Gasteiger partial charge in [-0.1, -0.05) is 0 Å². The van der Waals surface area contributed by atoms with E-state index in [1.54, 1.807) is 0 Å². The third-order valence-corrected chi connectivity index (χ3v) is 1.38. The summed E-state index contributed by atoms with van der Waals surface area (Å²) in [5.74, 6) is -0.0300. The van der Waals surface area contributed by atoms with E-state index in [9.17, 15) is 18.0 Å². The molecule has 0 amide bonds. The predicted octanol–water partition coefficient (Wildman–Crippen LogP) is 2.16. The molecule has 0 saturated carbocycles. The Balaban J connectivity index is 2.60. The molecule has 1 rings (SSSR count). The molecular formula is C9H7F3O3. The van der Waals surface area contributed by atoms with Crippen molar-refractivity contribution < 1.29 is 27.4 Å². The zero-order valence-electron chi connectivity index (χ0n) is 7.45. The highest BCUT2D eigenvalue weighted by Gasteiger charge is 2.30. The summed E-state index contributed by atoms with van der Waals surface area (Å²) in [6.07, 6.45) is -4.16. The molecule has 0 spiro atoms. The van der Waals surface area contributed by atoms with Crippen LogP contribution in [0.4, 0.5) is 13.2 Å². The lowest BCUT2D eigenvalue weighted by atomic mass is 10.3. The number of aldehydes is 1. The second-order valence-corrected chi connectivity index (χ2v) is 2.50. The van der Waals surface area contributed by atoms with E-state index in [-0.39, 0.29) is 12.4 Å². The molecule has 15 heavy (non-hydrogen) atoms. The number of carbonyl (C=O) groups is 1. The van der Waals surface area contributed by atoms with E-state index >= 15 is 0 Å². The zero-order valence-corrected chi connectivity index (χ0v) is 7.45. The lowest BCUT2D eigenvalue weighted by Crippen LogP contribution is -2.16. The number of alkyl halides is 3. The van der Waals surface area contributed by atoms with Crippen molar-refractivity contribution in [3.8, 4) is 11.5 Å². The standard InChI is InChI=1S/C9H7F3O3/c10-9(11,12)15-8-3-1-7(2-4-8)14-6-5-13/h1-5H,6H2. The summed E-state index contributed by atoms with van der Waals surface area (Å²) in [6.45, 7) is -0.139. The van der Waals surface area contributed by atoms with Crippen LogP contribution >= 0.6 is 0 Å². The molecule has 0 aliphatic heterocycles. The molecule has 1 aromatic rings. The van der Waals surface area contributed by atoms with E-state index in [1.807, 2.05) is 0 Å². The minimum absolute atomic E-state index is 0.139. The molecule has 0 saturated heterocycles. The Morgan fingerprint density at radius 3 is 2.13 bits per heavy atom. The predicted molar refractivity (Wildman–Crippen MR) is 44.7 cm³/mol. The van der Waals surface area contributed by atoms with Gasteiger partial charge in [0.15, 0.2) is 6.29 Å². The van der Waals surface area contributed by atoms with Gasteiger partial charge in [0.2, 0.25) is 0 Å². The van der Waals surface area contributed by atoms with E-state index in [0.29, 0.717) is 12.0 Å². The number of carbonyl (C=O) groups excluding carboxylic acids is 1. The summed E-state index contributed by atoms with van der Waals surface area (Å²) >= 11 is 0. The Hall–Kier alpha value is -1.72. The highest BCUT2D eigenvalue weighted by atomic mass is 19.4. The maximum atomic E-state index is 11.7. The molecule has 0 heterocycles. The van der Waals surface area contributed by atoms with E-state index in [0.717, 1.165) is 12.1 Å². The van der Waals surface area contributed by atoms with E-state index in [1.165, 1.54) is 12.1 Å². The van der Waals surface area contributed by atoms with Gasteiger partial charge >= 0.3 is 6.36 Å². The van der Waals surface area contributed by atoms with Gasteiger partial charge in [0.1, 0.15) is 18.1 Å². The maximum absolute atomic E-state index is 11.7. The molecule has 0 N–H and O–H groups in total. The van der Waals surface area contributed by atoms with Crippen molar-refractivity contribution in [1.29, 1.82) is 0 Å². The maximum Gasteiger partial charge on any atom is 0.573 e. The second-order valence-electron chi connectivity index (χ2n) is 2.50. The lowest BCUT2D eigenvalue weighted by Gasteiger charge is -2.09. The van der Waals surface area contributed by atoms with E-state index in [2.05, 4.69) is 4.74 Å². The van der Waals surface area contributed by atoms with Gasteiger partial charge < -0.3 is 9.47 Å².